The van der Waals surface area contributed by atoms with E-state index in [9.17, 15) is 19.6 Å². The van der Waals surface area contributed by atoms with Gasteiger partial charge in [-0.2, -0.15) is 0 Å². The van der Waals surface area contributed by atoms with Gasteiger partial charge >= 0.3 is 11.9 Å². The zero-order chi connectivity index (χ0) is 20.8. The molecule has 2 N–H and O–H groups in total. The standard InChI is InChI=1S/C18H17ClN2O6S/c1-4-27-18(24)13(21-25)14(22)15-9(2)12(17(23)26-3)16(28-15)20-11-7-5-10(19)6-8-11/h5-8,20,22H,4H2,1-3H3/b14-13+. The van der Waals surface area contributed by atoms with Crippen molar-refractivity contribution in [2.24, 2.45) is 5.18 Å². The number of thiophene rings is 1. The molecule has 2 aromatic rings. The molecule has 2 rings (SSSR count). The van der Waals surface area contributed by atoms with Crippen molar-refractivity contribution < 1.29 is 24.2 Å². The molecule has 0 unspecified atom stereocenters. The smallest absolute Gasteiger partial charge is 0.364 e. The Morgan fingerprint density at radius 1 is 1.29 bits per heavy atom. The molecule has 1 heterocycles. The van der Waals surface area contributed by atoms with Gasteiger partial charge in [0.05, 0.1) is 24.2 Å². The van der Waals surface area contributed by atoms with Crippen LogP contribution in [0.3, 0.4) is 0 Å². The fourth-order valence-corrected chi connectivity index (χ4v) is 3.61. The summed E-state index contributed by atoms with van der Waals surface area (Å²) in [5.41, 5.74) is 0.319. The summed E-state index contributed by atoms with van der Waals surface area (Å²) in [7, 11) is 1.22. The van der Waals surface area contributed by atoms with Gasteiger partial charge in [0.25, 0.3) is 0 Å². The van der Waals surface area contributed by atoms with Crippen molar-refractivity contribution in [3.05, 3.63) is 55.9 Å². The SMILES string of the molecule is CCOC(=O)/C(N=O)=C(\O)c1sc(Nc2ccc(Cl)cc2)c(C(=O)OC)c1C. The Bertz CT molecular complexity index is 936. The summed E-state index contributed by atoms with van der Waals surface area (Å²) in [6.07, 6.45) is 0. The highest BCUT2D eigenvalue weighted by Gasteiger charge is 2.28. The number of esters is 2. The first-order chi connectivity index (χ1) is 13.3. The first-order valence-corrected chi connectivity index (χ1v) is 9.21. The molecule has 0 fully saturated rings. The van der Waals surface area contributed by atoms with Crippen LogP contribution in [0.5, 0.6) is 0 Å². The molecule has 0 aliphatic carbocycles. The van der Waals surface area contributed by atoms with E-state index in [2.05, 4.69) is 10.5 Å². The molecule has 0 saturated carbocycles. The number of rotatable bonds is 7. The summed E-state index contributed by atoms with van der Waals surface area (Å²) < 4.78 is 9.54. The van der Waals surface area contributed by atoms with E-state index in [0.717, 1.165) is 11.3 Å². The summed E-state index contributed by atoms with van der Waals surface area (Å²) in [4.78, 5) is 35.3. The number of benzene rings is 1. The highest BCUT2D eigenvalue weighted by atomic mass is 35.5. The normalized spacial score (nSPS) is 11.4. The molecule has 0 saturated heterocycles. The van der Waals surface area contributed by atoms with E-state index in [1.807, 2.05) is 0 Å². The predicted octanol–water partition coefficient (Wildman–Crippen LogP) is 4.80. The monoisotopic (exact) mass is 424 g/mol. The van der Waals surface area contributed by atoms with Crippen LogP contribution in [0, 0.1) is 11.8 Å². The average Bonchev–Trinajstić information content (AvgIpc) is 2.99. The second-order valence-electron chi connectivity index (χ2n) is 5.39. The number of carbonyl (C=O) groups excluding carboxylic acids is 2. The van der Waals surface area contributed by atoms with Crippen molar-refractivity contribution in [2.45, 2.75) is 13.8 Å². The van der Waals surface area contributed by atoms with Crippen LogP contribution >= 0.6 is 22.9 Å². The van der Waals surface area contributed by atoms with Crippen LogP contribution in [0.25, 0.3) is 5.76 Å². The minimum Gasteiger partial charge on any atom is -0.504 e. The summed E-state index contributed by atoms with van der Waals surface area (Å²) >= 11 is 6.83. The maximum atomic E-state index is 12.3. The number of ether oxygens (including phenoxy) is 2. The number of nitroso groups, excluding NO2 is 1. The van der Waals surface area contributed by atoms with Crippen LogP contribution in [0.1, 0.15) is 27.7 Å². The molecule has 28 heavy (non-hydrogen) atoms. The van der Waals surface area contributed by atoms with Crippen LogP contribution in [-0.4, -0.2) is 30.8 Å². The molecule has 1 aromatic carbocycles. The molecule has 0 aliphatic heterocycles. The molecule has 0 spiro atoms. The second kappa shape index (κ2) is 9.34. The summed E-state index contributed by atoms with van der Waals surface area (Å²) in [6, 6.07) is 6.72. The molecule has 0 aliphatic rings. The fourth-order valence-electron chi connectivity index (χ4n) is 2.32. The van der Waals surface area contributed by atoms with Crippen molar-refractivity contribution >= 4 is 51.3 Å². The molecule has 8 nitrogen and oxygen atoms in total. The van der Waals surface area contributed by atoms with Crippen LogP contribution < -0.4 is 5.32 Å². The molecule has 0 atom stereocenters. The van der Waals surface area contributed by atoms with Crippen molar-refractivity contribution in [3.8, 4) is 0 Å². The maximum Gasteiger partial charge on any atom is 0.364 e. The van der Waals surface area contributed by atoms with Crippen molar-refractivity contribution in [1.29, 1.82) is 0 Å². The van der Waals surface area contributed by atoms with Gasteiger partial charge in [0.1, 0.15) is 5.00 Å². The van der Waals surface area contributed by atoms with Crippen molar-refractivity contribution in [1.82, 2.24) is 0 Å². The van der Waals surface area contributed by atoms with Crippen molar-refractivity contribution in [2.75, 3.05) is 19.0 Å². The van der Waals surface area contributed by atoms with Crippen LogP contribution in [-0.2, 0) is 14.3 Å². The third-order valence-corrected chi connectivity index (χ3v) is 5.10. The summed E-state index contributed by atoms with van der Waals surface area (Å²) in [5, 5.41) is 17.0. The van der Waals surface area contributed by atoms with E-state index in [1.54, 1.807) is 38.1 Å². The number of halogens is 1. The maximum absolute atomic E-state index is 12.3. The number of hydrogen-bond donors (Lipinski definition) is 2. The Hall–Kier alpha value is -2.91. The molecular formula is C18H17ClN2O6S. The zero-order valence-corrected chi connectivity index (χ0v) is 16.8. The van der Waals surface area contributed by atoms with E-state index >= 15 is 0 Å². The summed E-state index contributed by atoms with van der Waals surface area (Å²) in [6.45, 7) is 3.11. The van der Waals surface area contributed by atoms with E-state index in [-0.39, 0.29) is 17.0 Å². The van der Waals surface area contributed by atoms with Crippen molar-refractivity contribution in [3.63, 3.8) is 0 Å². The minimum atomic E-state index is -1.06. The predicted molar refractivity (Wildman–Crippen MR) is 107 cm³/mol. The lowest BCUT2D eigenvalue weighted by atomic mass is 10.1. The third-order valence-electron chi connectivity index (χ3n) is 3.64. The quantitative estimate of drug-likeness (QED) is 0.284. The van der Waals surface area contributed by atoms with Crippen LogP contribution in [0.4, 0.5) is 10.7 Å². The number of anilines is 2. The Morgan fingerprint density at radius 2 is 1.93 bits per heavy atom. The highest BCUT2D eigenvalue weighted by molar-refractivity contribution is 7.17. The third kappa shape index (κ3) is 4.49. The fraction of sp³-hybridized carbons (Fsp3) is 0.222. The molecule has 0 amide bonds. The number of nitrogens with one attached hydrogen (secondary N) is 1. The first kappa shape index (κ1) is 21.4. The van der Waals surface area contributed by atoms with E-state index < -0.39 is 23.4 Å². The topological polar surface area (TPSA) is 114 Å². The summed E-state index contributed by atoms with van der Waals surface area (Å²) in [5.74, 6) is -2.39. The van der Waals surface area contributed by atoms with Gasteiger partial charge in [-0.25, -0.2) is 9.59 Å². The van der Waals surface area contributed by atoms with Gasteiger partial charge in [-0.05, 0) is 48.9 Å². The Morgan fingerprint density at radius 3 is 2.46 bits per heavy atom. The zero-order valence-electron chi connectivity index (χ0n) is 15.2. The van der Waals surface area contributed by atoms with Gasteiger partial charge < -0.3 is 19.9 Å². The lowest BCUT2D eigenvalue weighted by molar-refractivity contribution is -0.138. The molecule has 148 valence electrons. The number of hydrogen-bond acceptors (Lipinski definition) is 9. The second-order valence-corrected chi connectivity index (χ2v) is 6.85. The van der Waals surface area contributed by atoms with Gasteiger partial charge in [-0.3, -0.25) is 0 Å². The number of methoxy groups -OCH3 is 1. The highest BCUT2D eigenvalue weighted by Crippen LogP contribution is 2.39. The Labute approximate surface area is 169 Å². The van der Waals surface area contributed by atoms with Crippen LogP contribution in [0.15, 0.2) is 35.1 Å². The van der Waals surface area contributed by atoms with E-state index in [4.69, 9.17) is 21.1 Å². The van der Waals surface area contributed by atoms with E-state index in [0.29, 0.717) is 21.3 Å². The Balaban J connectivity index is 2.58. The van der Waals surface area contributed by atoms with Gasteiger partial charge in [0.2, 0.25) is 5.70 Å². The largest absolute Gasteiger partial charge is 0.504 e. The van der Waals surface area contributed by atoms with Gasteiger partial charge in [0, 0.05) is 10.7 Å². The molecule has 0 bridgehead atoms. The minimum absolute atomic E-state index is 0.00530. The average molecular weight is 425 g/mol. The van der Waals surface area contributed by atoms with Gasteiger partial charge in [-0.15, -0.1) is 16.2 Å². The van der Waals surface area contributed by atoms with E-state index in [1.165, 1.54) is 7.11 Å². The number of nitrogens with zero attached hydrogens (tertiary/aromatic N) is 1. The number of aliphatic hydroxyl groups is 1. The molecular weight excluding hydrogens is 408 g/mol. The Kier molecular flexibility index (Phi) is 7.13. The molecule has 1 aromatic heterocycles. The number of aliphatic hydroxyl groups excluding tert-OH is 1. The van der Waals surface area contributed by atoms with Gasteiger partial charge in [-0.1, -0.05) is 11.6 Å². The van der Waals surface area contributed by atoms with Crippen LogP contribution in [0.2, 0.25) is 5.02 Å². The number of carbonyl (C=O) groups is 2. The lowest BCUT2D eigenvalue weighted by Crippen LogP contribution is -2.08. The molecule has 10 heteroatoms. The van der Waals surface area contributed by atoms with Gasteiger partial charge in [0.15, 0.2) is 5.76 Å². The first-order valence-electron chi connectivity index (χ1n) is 8.02. The molecule has 0 radical (unpaired) electrons. The lowest BCUT2D eigenvalue weighted by Gasteiger charge is -2.07.